The molecule has 0 amide bonds. The normalized spacial score (nSPS) is 32.9. The molecule has 5 aliphatic rings. The van der Waals surface area contributed by atoms with Gasteiger partial charge in [-0.1, -0.05) is 23.3 Å². The average Bonchev–Trinajstić information content (AvgIpc) is 2.94. The van der Waals surface area contributed by atoms with Crippen molar-refractivity contribution in [2.45, 2.75) is 83.2 Å². The van der Waals surface area contributed by atoms with Gasteiger partial charge in [-0.15, -0.1) is 0 Å². The highest BCUT2D eigenvalue weighted by Crippen LogP contribution is 2.69. The second-order valence-electron chi connectivity index (χ2n) is 11.5. The summed E-state index contributed by atoms with van der Waals surface area (Å²) in [4.78, 5) is 28.5. The Kier molecular flexibility index (Phi) is 5.20. The highest BCUT2D eigenvalue weighted by atomic mass is 16.6. The van der Waals surface area contributed by atoms with Crippen LogP contribution in [0.4, 0.5) is 0 Å². The van der Waals surface area contributed by atoms with Gasteiger partial charge in [-0.05, 0) is 60.5 Å². The van der Waals surface area contributed by atoms with Gasteiger partial charge in [0.1, 0.15) is 28.4 Å². The molecule has 2 fully saturated rings. The number of ether oxygens (including phenoxy) is 3. The van der Waals surface area contributed by atoms with Crippen molar-refractivity contribution in [1.29, 1.82) is 0 Å². The topological polar surface area (TPSA) is 102 Å². The van der Waals surface area contributed by atoms with Gasteiger partial charge in [0.25, 0.3) is 0 Å². The molecule has 3 aliphatic carbocycles. The van der Waals surface area contributed by atoms with Crippen molar-refractivity contribution >= 4 is 11.6 Å². The number of allylic oxidation sites excluding steroid dienone is 3. The van der Waals surface area contributed by atoms with E-state index in [1.165, 1.54) is 13.2 Å². The molecule has 192 valence electrons. The number of aromatic hydroxyl groups is 2. The molecule has 0 aromatic heterocycles. The second kappa shape index (κ2) is 7.56. The molecule has 2 heterocycles. The van der Waals surface area contributed by atoms with Crippen molar-refractivity contribution in [2.75, 3.05) is 7.11 Å². The summed E-state index contributed by atoms with van der Waals surface area (Å²) in [6.07, 6.45) is 6.23. The van der Waals surface area contributed by atoms with Gasteiger partial charge in [-0.3, -0.25) is 9.59 Å². The van der Waals surface area contributed by atoms with Gasteiger partial charge in [0, 0.05) is 36.7 Å². The quantitative estimate of drug-likeness (QED) is 0.570. The first kappa shape index (κ1) is 24.8. The van der Waals surface area contributed by atoms with Gasteiger partial charge < -0.3 is 24.4 Å². The number of carbonyl (C=O) groups is 2. The molecule has 0 radical (unpaired) electrons. The standard InChI is InChI=1S/C29H34O7/c1-15(2)8-9-17-19(30)12-20(31)22-23(32)18-13-27(34-7)14-21-26(5,6)36-28(25(27)33,11-10-16(3)4)29(18,21)35-24(17)22/h8,10,12-13,21,30-31H,9,11,14H2,1-7H3. The zero-order valence-electron chi connectivity index (χ0n) is 21.9. The number of benzene rings is 1. The third kappa shape index (κ3) is 2.87. The molecule has 6 rings (SSSR count). The molecule has 4 unspecified atom stereocenters. The summed E-state index contributed by atoms with van der Waals surface area (Å²) in [5.41, 5.74) is -2.42. The van der Waals surface area contributed by atoms with Gasteiger partial charge in [0.15, 0.2) is 17.0 Å². The minimum absolute atomic E-state index is 0.0114. The van der Waals surface area contributed by atoms with Crippen LogP contribution in [0.5, 0.6) is 17.2 Å². The number of hydrogen-bond acceptors (Lipinski definition) is 7. The van der Waals surface area contributed by atoms with Crippen molar-refractivity contribution in [3.63, 3.8) is 0 Å². The van der Waals surface area contributed by atoms with Crippen molar-refractivity contribution in [3.05, 3.63) is 52.1 Å². The lowest BCUT2D eigenvalue weighted by atomic mass is 9.49. The third-order valence-corrected chi connectivity index (χ3v) is 8.35. The summed E-state index contributed by atoms with van der Waals surface area (Å²) in [6, 6.07) is 1.18. The largest absolute Gasteiger partial charge is 0.507 e. The maximum absolute atomic E-state index is 14.3. The molecule has 1 aromatic carbocycles. The van der Waals surface area contributed by atoms with E-state index in [1.807, 2.05) is 53.7 Å². The lowest BCUT2D eigenvalue weighted by Gasteiger charge is -2.59. The summed E-state index contributed by atoms with van der Waals surface area (Å²) in [7, 11) is 1.48. The molecule has 1 saturated carbocycles. The molecule has 7 heteroatoms. The van der Waals surface area contributed by atoms with E-state index in [-0.39, 0.29) is 40.6 Å². The Labute approximate surface area is 211 Å². The minimum atomic E-state index is -1.51. The van der Waals surface area contributed by atoms with E-state index in [2.05, 4.69) is 0 Å². The van der Waals surface area contributed by atoms with Crippen molar-refractivity contribution < 1.29 is 34.0 Å². The fourth-order valence-electron chi connectivity index (χ4n) is 6.69. The number of hydrogen-bond donors (Lipinski definition) is 2. The molecule has 7 nitrogen and oxygen atoms in total. The van der Waals surface area contributed by atoms with Crippen LogP contribution < -0.4 is 4.74 Å². The third-order valence-electron chi connectivity index (χ3n) is 8.35. The molecule has 1 aromatic rings. The monoisotopic (exact) mass is 494 g/mol. The fourth-order valence-corrected chi connectivity index (χ4v) is 6.69. The Bertz CT molecular complexity index is 1290. The van der Waals surface area contributed by atoms with Crippen LogP contribution in [0.3, 0.4) is 0 Å². The molecule has 1 spiro atoms. The van der Waals surface area contributed by atoms with E-state index in [0.29, 0.717) is 18.4 Å². The Morgan fingerprint density at radius 3 is 2.39 bits per heavy atom. The molecule has 4 bridgehead atoms. The molecular weight excluding hydrogens is 460 g/mol. The highest BCUT2D eigenvalue weighted by Gasteiger charge is 2.84. The van der Waals surface area contributed by atoms with Gasteiger partial charge >= 0.3 is 0 Å². The van der Waals surface area contributed by atoms with E-state index >= 15 is 0 Å². The van der Waals surface area contributed by atoms with E-state index in [4.69, 9.17) is 14.2 Å². The Morgan fingerprint density at radius 1 is 1.11 bits per heavy atom. The van der Waals surface area contributed by atoms with Gasteiger partial charge in [-0.25, -0.2) is 0 Å². The van der Waals surface area contributed by atoms with Gasteiger partial charge in [0.2, 0.25) is 5.78 Å². The van der Waals surface area contributed by atoms with Gasteiger partial charge in [-0.2, -0.15) is 0 Å². The molecule has 4 atom stereocenters. The molecular formula is C29H34O7. The summed E-state index contributed by atoms with van der Waals surface area (Å²) in [5.74, 6) is -1.53. The predicted molar refractivity (Wildman–Crippen MR) is 133 cm³/mol. The van der Waals surface area contributed by atoms with Crippen LogP contribution >= 0.6 is 0 Å². The molecule has 1 saturated heterocycles. The van der Waals surface area contributed by atoms with E-state index in [0.717, 1.165) is 11.1 Å². The van der Waals surface area contributed by atoms with Crippen LogP contribution in [0.1, 0.15) is 70.3 Å². The zero-order valence-corrected chi connectivity index (χ0v) is 21.9. The summed E-state index contributed by atoms with van der Waals surface area (Å²) < 4.78 is 19.4. The summed E-state index contributed by atoms with van der Waals surface area (Å²) in [5, 5.41) is 21.6. The maximum atomic E-state index is 14.3. The first-order valence-corrected chi connectivity index (χ1v) is 12.4. The highest BCUT2D eigenvalue weighted by molar-refractivity contribution is 6.19. The fraction of sp³-hybridized carbons (Fsp3) is 0.517. The summed E-state index contributed by atoms with van der Waals surface area (Å²) in [6.45, 7) is 11.6. The van der Waals surface area contributed by atoms with E-state index in [1.54, 1.807) is 6.08 Å². The lowest BCUT2D eigenvalue weighted by molar-refractivity contribution is -0.189. The maximum Gasteiger partial charge on any atom is 0.205 e. The van der Waals surface area contributed by atoms with Crippen LogP contribution in [0.25, 0.3) is 0 Å². The number of rotatable bonds is 5. The number of methoxy groups -OCH3 is 1. The zero-order chi connectivity index (χ0) is 26.4. The number of phenolic OH excluding ortho intramolecular Hbond substituents is 2. The number of ketones is 2. The van der Waals surface area contributed by atoms with Gasteiger partial charge in [0.05, 0.1) is 5.60 Å². The number of phenols is 2. The number of carbonyl (C=O) groups excluding carboxylic acids is 2. The Hall–Kier alpha value is -2.90. The van der Waals surface area contributed by atoms with Crippen LogP contribution in [0, 0.1) is 5.92 Å². The SMILES string of the molecule is COC12C=C3C(=O)c4c(O)cc(O)c(CC=C(C)C)c4OC34C(C1)C(C)(C)OC4(CC=C(C)C)C2=O. The van der Waals surface area contributed by atoms with Crippen molar-refractivity contribution in [1.82, 2.24) is 0 Å². The van der Waals surface area contributed by atoms with Crippen molar-refractivity contribution in [3.8, 4) is 17.2 Å². The lowest BCUT2D eigenvalue weighted by Crippen LogP contribution is -2.77. The molecule has 2 N–H and O–H groups in total. The summed E-state index contributed by atoms with van der Waals surface area (Å²) >= 11 is 0. The first-order chi connectivity index (χ1) is 16.8. The van der Waals surface area contributed by atoms with E-state index < -0.39 is 34.1 Å². The van der Waals surface area contributed by atoms with Crippen LogP contribution in [0.2, 0.25) is 0 Å². The predicted octanol–water partition coefficient (Wildman–Crippen LogP) is 4.74. The Morgan fingerprint density at radius 2 is 1.78 bits per heavy atom. The van der Waals surface area contributed by atoms with Crippen LogP contribution in [0.15, 0.2) is 41.0 Å². The minimum Gasteiger partial charge on any atom is -0.507 e. The molecule has 36 heavy (non-hydrogen) atoms. The Balaban J connectivity index is 1.86. The van der Waals surface area contributed by atoms with Crippen LogP contribution in [-0.2, 0) is 20.7 Å². The number of fused-ring (bicyclic) bond motifs is 1. The van der Waals surface area contributed by atoms with E-state index in [9.17, 15) is 19.8 Å². The average molecular weight is 495 g/mol. The second-order valence-corrected chi connectivity index (χ2v) is 11.5. The smallest absolute Gasteiger partial charge is 0.205 e. The van der Waals surface area contributed by atoms with Crippen molar-refractivity contribution in [2.24, 2.45) is 5.92 Å². The van der Waals surface area contributed by atoms with Crippen LogP contribution in [-0.4, -0.2) is 51.3 Å². The molecule has 2 aliphatic heterocycles. The first-order valence-electron chi connectivity index (χ1n) is 12.4. The number of Topliss-reactive ketones (excluding diaryl/α,β-unsaturated/α-hetero) is 2.